The maximum Gasteiger partial charge on any atom is 0.0822 e. The number of fused-ring (bicyclic) bond motifs is 1. The Bertz CT molecular complexity index is 688. The highest BCUT2D eigenvalue weighted by molar-refractivity contribution is 5.85. The van der Waals surface area contributed by atoms with Gasteiger partial charge in [0.15, 0.2) is 0 Å². The van der Waals surface area contributed by atoms with Gasteiger partial charge in [0.1, 0.15) is 0 Å². The lowest BCUT2D eigenvalue weighted by molar-refractivity contribution is -0.0143. The third-order valence-corrected chi connectivity index (χ3v) is 6.01. The van der Waals surface area contributed by atoms with Gasteiger partial charge in [0.05, 0.1) is 6.10 Å². The summed E-state index contributed by atoms with van der Waals surface area (Å²) in [5.74, 6) is 0. The van der Waals surface area contributed by atoms with Crippen LogP contribution in [0.3, 0.4) is 0 Å². The molecule has 0 amide bonds. The first-order valence-corrected chi connectivity index (χ1v) is 9.92. The Morgan fingerprint density at radius 1 is 0.880 bits per heavy atom. The molecular weight excluding hydrogens is 308 g/mol. The molecule has 4 rings (SSSR count). The van der Waals surface area contributed by atoms with E-state index in [0.29, 0.717) is 6.04 Å². The fraction of sp³-hybridized carbons (Fsp3) is 0.545. The third kappa shape index (κ3) is 3.89. The molecule has 3 heteroatoms. The first kappa shape index (κ1) is 17.0. The molecule has 0 bridgehead atoms. The van der Waals surface area contributed by atoms with Crippen molar-refractivity contribution in [1.82, 2.24) is 9.80 Å². The molecule has 3 nitrogen and oxygen atoms in total. The standard InChI is InChI=1S/C22H30N2O/c25-22-17-23(15-12-21(22)24-13-5-1-2-6-14-24)16-19-10-7-9-18-8-3-4-11-20(18)19/h3-4,7-11,21-22,25H,1-2,5-6,12-17H2/t21-,22-/m1/s1. The molecule has 0 aliphatic carbocycles. The Labute approximate surface area is 151 Å². The van der Waals surface area contributed by atoms with E-state index in [1.807, 2.05) is 0 Å². The molecule has 2 aromatic rings. The summed E-state index contributed by atoms with van der Waals surface area (Å²) in [6.07, 6.45) is 6.17. The topological polar surface area (TPSA) is 26.7 Å². The van der Waals surface area contributed by atoms with Crippen LogP contribution in [-0.2, 0) is 6.54 Å². The van der Waals surface area contributed by atoms with Crippen molar-refractivity contribution in [2.75, 3.05) is 26.2 Å². The molecule has 2 saturated heterocycles. The van der Waals surface area contributed by atoms with Gasteiger partial charge >= 0.3 is 0 Å². The van der Waals surface area contributed by atoms with Gasteiger partial charge in [-0.3, -0.25) is 9.80 Å². The Balaban J connectivity index is 1.42. The van der Waals surface area contributed by atoms with Crippen LogP contribution < -0.4 is 0 Å². The van der Waals surface area contributed by atoms with Crippen LogP contribution in [0, 0.1) is 0 Å². The summed E-state index contributed by atoms with van der Waals surface area (Å²) in [5.41, 5.74) is 1.37. The monoisotopic (exact) mass is 338 g/mol. The molecular formula is C22H30N2O. The fourth-order valence-electron chi connectivity index (χ4n) is 4.65. The molecule has 1 N–H and O–H groups in total. The number of nitrogens with zero attached hydrogens (tertiary/aromatic N) is 2. The normalized spacial score (nSPS) is 26.6. The van der Waals surface area contributed by atoms with Gasteiger partial charge in [-0.1, -0.05) is 55.3 Å². The summed E-state index contributed by atoms with van der Waals surface area (Å²) >= 11 is 0. The molecule has 2 heterocycles. The second-order valence-electron chi connectivity index (χ2n) is 7.75. The second-order valence-corrected chi connectivity index (χ2v) is 7.75. The molecule has 2 atom stereocenters. The van der Waals surface area contributed by atoms with Gasteiger partial charge in [0.25, 0.3) is 0 Å². The van der Waals surface area contributed by atoms with Crippen molar-refractivity contribution in [1.29, 1.82) is 0 Å². The van der Waals surface area contributed by atoms with Crippen molar-refractivity contribution in [3.8, 4) is 0 Å². The average Bonchev–Trinajstić information content (AvgIpc) is 2.91. The summed E-state index contributed by atoms with van der Waals surface area (Å²) in [4.78, 5) is 4.99. The minimum atomic E-state index is -0.221. The number of likely N-dealkylation sites (tertiary alicyclic amines) is 2. The van der Waals surface area contributed by atoms with Gasteiger partial charge in [-0.05, 0) is 48.7 Å². The molecule has 2 aromatic carbocycles. The van der Waals surface area contributed by atoms with Crippen molar-refractivity contribution >= 4 is 10.8 Å². The lowest BCUT2D eigenvalue weighted by atomic mass is 9.98. The maximum atomic E-state index is 10.8. The Morgan fingerprint density at radius 2 is 1.64 bits per heavy atom. The smallest absolute Gasteiger partial charge is 0.0822 e. The Hall–Kier alpha value is -1.42. The second kappa shape index (κ2) is 7.86. The first-order chi connectivity index (χ1) is 12.3. The van der Waals surface area contributed by atoms with Crippen LogP contribution in [0.2, 0.25) is 0 Å². The van der Waals surface area contributed by atoms with Gasteiger partial charge < -0.3 is 5.11 Å². The van der Waals surface area contributed by atoms with E-state index in [4.69, 9.17) is 0 Å². The molecule has 0 spiro atoms. The van der Waals surface area contributed by atoms with Crippen molar-refractivity contribution in [2.24, 2.45) is 0 Å². The summed E-state index contributed by atoms with van der Waals surface area (Å²) in [5, 5.41) is 13.4. The summed E-state index contributed by atoms with van der Waals surface area (Å²) in [6, 6.07) is 15.5. The van der Waals surface area contributed by atoms with E-state index < -0.39 is 0 Å². The number of rotatable bonds is 3. The molecule has 25 heavy (non-hydrogen) atoms. The number of benzene rings is 2. The van der Waals surface area contributed by atoms with Crippen LogP contribution in [0.15, 0.2) is 42.5 Å². The molecule has 2 aliphatic rings. The number of piperidine rings is 1. The molecule has 0 aromatic heterocycles. The lowest BCUT2D eigenvalue weighted by Gasteiger charge is -2.41. The minimum Gasteiger partial charge on any atom is -0.390 e. The van der Waals surface area contributed by atoms with E-state index in [0.717, 1.165) is 26.1 Å². The van der Waals surface area contributed by atoms with Crippen LogP contribution in [0.25, 0.3) is 10.8 Å². The van der Waals surface area contributed by atoms with E-state index in [9.17, 15) is 5.11 Å². The van der Waals surface area contributed by atoms with Crippen LogP contribution in [0.1, 0.15) is 37.7 Å². The van der Waals surface area contributed by atoms with Crippen molar-refractivity contribution in [3.05, 3.63) is 48.0 Å². The molecule has 134 valence electrons. The zero-order valence-corrected chi connectivity index (χ0v) is 15.1. The predicted molar refractivity (Wildman–Crippen MR) is 104 cm³/mol. The van der Waals surface area contributed by atoms with E-state index >= 15 is 0 Å². The quantitative estimate of drug-likeness (QED) is 0.925. The van der Waals surface area contributed by atoms with Crippen molar-refractivity contribution in [2.45, 2.75) is 50.8 Å². The lowest BCUT2D eigenvalue weighted by Crippen LogP contribution is -2.54. The molecule has 2 aliphatic heterocycles. The number of hydrogen-bond acceptors (Lipinski definition) is 3. The van der Waals surface area contributed by atoms with Gasteiger partial charge in [-0.15, -0.1) is 0 Å². The van der Waals surface area contributed by atoms with Crippen molar-refractivity contribution in [3.63, 3.8) is 0 Å². The Morgan fingerprint density at radius 3 is 2.44 bits per heavy atom. The average molecular weight is 338 g/mol. The van der Waals surface area contributed by atoms with Crippen LogP contribution >= 0.6 is 0 Å². The van der Waals surface area contributed by atoms with Crippen molar-refractivity contribution < 1.29 is 5.11 Å². The van der Waals surface area contributed by atoms with Crippen LogP contribution in [0.5, 0.6) is 0 Å². The van der Waals surface area contributed by atoms with Gasteiger partial charge in [-0.25, -0.2) is 0 Å². The largest absolute Gasteiger partial charge is 0.390 e. The van der Waals surface area contributed by atoms with Gasteiger partial charge in [0.2, 0.25) is 0 Å². The summed E-state index contributed by atoms with van der Waals surface area (Å²) in [7, 11) is 0. The fourth-order valence-corrected chi connectivity index (χ4v) is 4.65. The molecule has 0 radical (unpaired) electrons. The van der Waals surface area contributed by atoms with E-state index in [2.05, 4.69) is 52.3 Å². The highest BCUT2D eigenvalue weighted by Gasteiger charge is 2.32. The number of β-amino-alcohol motifs (C(OH)–C–C–N with tert-alkyl or cyclic N) is 1. The van der Waals surface area contributed by atoms with Crippen LogP contribution in [-0.4, -0.2) is 53.2 Å². The first-order valence-electron chi connectivity index (χ1n) is 9.92. The van der Waals surface area contributed by atoms with Gasteiger partial charge in [0, 0.05) is 25.7 Å². The third-order valence-electron chi connectivity index (χ3n) is 6.01. The predicted octanol–water partition coefficient (Wildman–Crippen LogP) is 3.65. The minimum absolute atomic E-state index is 0.221. The zero-order valence-electron chi connectivity index (χ0n) is 15.1. The number of aliphatic hydroxyl groups excluding tert-OH is 1. The highest BCUT2D eigenvalue weighted by Crippen LogP contribution is 2.24. The number of aliphatic hydroxyl groups is 1. The molecule has 0 saturated carbocycles. The van der Waals surface area contributed by atoms with E-state index in [-0.39, 0.29) is 6.10 Å². The summed E-state index contributed by atoms with van der Waals surface area (Å²) in [6.45, 7) is 5.16. The summed E-state index contributed by atoms with van der Waals surface area (Å²) < 4.78 is 0. The van der Waals surface area contributed by atoms with Gasteiger partial charge in [-0.2, -0.15) is 0 Å². The van der Waals surface area contributed by atoms with E-state index in [1.165, 1.54) is 55.1 Å². The molecule has 2 fully saturated rings. The number of hydrogen-bond donors (Lipinski definition) is 1. The Kier molecular flexibility index (Phi) is 5.35. The van der Waals surface area contributed by atoms with Crippen LogP contribution in [0.4, 0.5) is 0 Å². The highest BCUT2D eigenvalue weighted by atomic mass is 16.3. The zero-order chi connectivity index (χ0) is 17.1. The maximum absolute atomic E-state index is 10.8. The molecule has 0 unspecified atom stereocenters. The SMILES string of the molecule is O[C@@H]1CN(Cc2cccc3ccccc23)CC[C@H]1N1CCCCCC1. The van der Waals surface area contributed by atoms with E-state index in [1.54, 1.807) is 0 Å².